The molecular weight excluding hydrogens is 540 g/mol. The minimum Gasteiger partial charge on any atom is -0.497 e. The second-order valence-electron chi connectivity index (χ2n) is 9.56. The van der Waals surface area contributed by atoms with E-state index in [0.717, 1.165) is 11.3 Å². The Labute approximate surface area is 239 Å². The minimum atomic E-state index is -0.533. The first kappa shape index (κ1) is 26.2. The van der Waals surface area contributed by atoms with Crippen LogP contribution in [0, 0.1) is 0 Å². The van der Waals surface area contributed by atoms with Crippen LogP contribution in [-0.2, 0) is 6.42 Å². The summed E-state index contributed by atoms with van der Waals surface area (Å²) in [5.41, 5.74) is 2.56. The number of aromatic nitrogens is 5. The third kappa shape index (κ3) is 4.92. The lowest BCUT2D eigenvalue weighted by Crippen LogP contribution is -2.28. The molecule has 204 valence electrons. The Hall–Kier alpha value is -5.02. The molecule has 10 heteroatoms. The van der Waals surface area contributed by atoms with E-state index in [4.69, 9.17) is 21.3 Å². The Balaban J connectivity index is 1.44. The largest absolute Gasteiger partial charge is 0.497 e. The molecule has 0 bridgehead atoms. The van der Waals surface area contributed by atoms with Gasteiger partial charge in [0.2, 0.25) is 0 Å². The first-order valence-corrected chi connectivity index (χ1v) is 13.3. The van der Waals surface area contributed by atoms with Gasteiger partial charge < -0.3 is 15.0 Å². The number of anilines is 1. The first-order chi connectivity index (χ1) is 19.9. The summed E-state index contributed by atoms with van der Waals surface area (Å²) >= 11 is 6.42. The van der Waals surface area contributed by atoms with Crippen molar-refractivity contribution in [3.8, 4) is 11.4 Å². The molecular formula is C31H25ClN6O3. The van der Waals surface area contributed by atoms with Crippen LogP contribution in [0.4, 0.5) is 5.82 Å². The van der Waals surface area contributed by atoms with Crippen LogP contribution >= 0.6 is 11.6 Å². The third-order valence-electron chi connectivity index (χ3n) is 6.93. The molecule has 3 heterocycles. The van der Waals surface area contributed by atoms with Crippen molar-refractivity contribution in [2.75, 3.05) is 12.4 Å². The number of hydrogen-bond donors (Lipinski definition) is 2. The highest BCUT2D eigenvalue weighted by molar-refractivity contribution is 6.35. The fourth-order valence-electron chi connectivity index (χ4n) is 4.89. The average molecular weight is 565 g/mol. The van der Waals surface area contributed by atoms with Gasteiger partial charge in [-0.15, -0.1) is 0 Å². The van der Waals surface area contributed by atoms with E-state index >= 15 is 0 Å². The first-order valence-electron chi connectivity index (χ1n) is 13.0. The van der Waals surface area contributed by atoms with Crippen molar-refractivity contribution in [1.82, 2.24) is 24.5 Å². The van der Waals surface area contributed by atoms with E-state index in [-0.39, 0.29) is 11.0 Å². The van der Waals surface area contributed by atoms with Crippen molar-refractivity contribution >= 4 is 39.4 Å². The van der Waals surface area contributed by atoms with Gasteiger partial charge in [0.15, 0.2) is 5.43 Å². The molecule has 0 spiro atoms. The van der Waals surface area contributed by atoms with Gasteiger partial charge in [-0.1, -0.05) is 48.0 Å². The predicted molar refractivity (Wildman–Crippen MR) is 160 cm³/mol. The van der Waals surface area contributed by atoms with Gasteiger partial charge in [-0.2, -0.15) is 0 Å². The van der Waals surface area contributed by atoms with Gasteiger partial charge in [-0.25, -0.2) is 15.0 Å². The molecule has 1 atom stereocenters. The summed E-state index contributed by atoms with van der Waals surface area (Å²) in [6.07, 6.45) is 3.48. The Bertz CT molecular complexity index is 2010. The highest BCUT2D eigenvalue weighted by Crippen LogP contribution is 2.26. The van der Waals surface area contributed by atoms with E-state index in [1.807, 2.05) is 61.5 Å². The van der Waals surface area contributed by atoms with Crippen molar-refractivity contribution in [3.05, 3.63) is 128 Å². The number of ether oxygens (including phenoxy) is 1. The fraction of sp³-hybridized carbons (Fsp3) is 0.129. The molecule has 0 unspecified atom stereocenters. The van der Waals surface area contributed by atoms with E-state index in [1.165, 1.54) is 10.9 Å². The summed E-state index contributed by atoms with van der Waals surface area (Å²) in [5, 5.41) is 4.31. The summed E-state index contributed by atoms with van der Waals surface area (Å²) in [4.78, 5) is 44.1. The monoisotopic (exact) mass is 564 g/mol. The Kier molecular flexibility index (Phi) is 6.94. The van der Waals surface area contributed by atoms with Crippen LogP contribution in [0.3, 0.4) is 0 Å². The number of H-pyrrole nitrogens is 1. The molecule has 0 saturated heterocycles. The molecule has 6 rings (SSSR count). The Morgan fingerprint density at radius 2 is 1.76 bits per heavy atom. The van der Waals surface area contributed by atoms with Gasteiger partial charge >= 0.3 is 0 Å². The molecule has 0 aliphatic carbocycles. The number of nitrogens with one attached hydrogen (secondary N) is 2. The lowest BCUT2D eigenvalue weighted by Gasteiger charge is -2.20. The predicted octanol–water partition coefficient (Wildman–Crippen LogP) is 5.44. The zero-order valence-corrected chi connectivity index (χ0v) is 23.0. The van der Waals surface area contributed by atoms with Crippen LogP contribution in [0.5, 0.6) is 5.75 Å². The summed E-state index contributed by atoms with van der Waals surface area (Å²) in [6.45, 7) is 1.86. The van der Waals surface area contributed by atoms with Crippen molar-refractivity contribution in [2.45, 2.75) is 19.4 Å². The molecule has 0 aliphatic rings. The Morgan fingerprint density at radius 3 is 2.51 bits per heavy atom. The highest BCUT2D eigenvalue weighted by Gasteiger charge is 2.21. The SMILES string of the molecule is COc1ccc(Cc2c[nH]c3ncnc(N[C@@H](C)c4nc5cccc(Cl)c5c(=O)n4-c4ccccc4)c3c2=O)cc1. The van der Waals surface area contributed by atoms with Crippen molar-refractivity contribution in [3.63, 3.8) is 0 Å². The molecule has 41 heavy (non-hydrogen) atoms. The number of benzene rings is 3. The van der Waals surface area contributed by atoms with Gasteiger partial charge in [-0.3, -0.25) is 14.2 Å². The number of methoxy groups -OCH3 is 1. The second kappa shape index (κ2) is 10.9. The summed E-state index contributed by atoms with van der Waals surface area (Å²) < 4.78 is 6.77. The zero-order valence-electron chi connectivity index (χ0n) is 22.3. The standard InChI is InChI=1S/C31H25ClN6O3/c1-18(30-37-24-10-6-9-23(32)25(24)31(40)38(30)21-7-4-3-5-8-21)36-29-26-27(39)20(16-33-28(26)34-17-35-29)15-19-11-13-22(41-2)14-12-19/h3-14,16-18H,15H2,1-2H3,(H2,33,34,35,36,39)/t18-/m0/s1. The highest BCUT2D eigenvalue weighted by atomic mass is 35.5. The van der Waals surface area contributed by atoms with Crippen LogP contribution < -0.4 is 21.0 Å². The topological polar surface area (TPSA) is 115 Å². The van der Waals surface area contributed by atoms with Crippen LogP contribution in [0.15, 0.2) is 94.9 Å². The minimum absolute atomic E-state index is 0.191. The molecule has 9 nitrogen and oxygen atoms in total. The van der Waals surface area contributed by atoms with E-state index in [1.54, 1.807) is 31.5 Å². The van der Waals surface area contributed by atoms with Gasteiger partial charge in [0.25, 0.3) is 5.56 Å². The number of hydrogen-bond acceptors (Lipinski definition) is 7. The molecule has 0 saturated carbocycles. The summed E-state index contributed by atoms with van der Waals surface area (Å²) in [6, 6.07) is 21.5. The van der Waals surface area contributed by atoms with Crippen LogP contribution in [0.1, 0.15) is 29.9 Å². The number of rotatable bonds is 7. The quantitative estimate of drug-likeness (QED) is 0.265. The number of halogens is 1. The van der Waals surface area contributed by atoms with Crippen LogP contribution in [-0.4, -0.2) is 31.6 Å². The van der Waals surface area contributed by atoms with E-state index in [0.29, 0.717) is 56.3 Å². The molecule has 0 aliphatic heterocycles. The maximum atomic E-state index is 13.8. The normalized spacial score (nSPS) is 12.0. The zero-order chi connectivity index (χ0) is 28.5. The number of nitrogens with zero attached hydrogens (tertiary/aromatic N) is 4. The molecule has 0 fully saturated rings. The molecule has 2 N–H and O–H groups in total. The van der Waals surface area contributed by atoms with Gasteiger partial charge in [-0.05, 0) is 48.9 Å². The average Bonchev–Trinajstić information content (AvgIpc) is 2.99. The summed E-state index contributed by atoms with van der Waals surface area (Å²) in [7, 11) is 1.61. The number of fused-ring (bicyclic) bond motifs is 2. The molecule has 0 radical (unpaired) electrons. The van der Waals surface area contributed by atoms with Crippen molar-refractivity contribution < 1.29 is 4.74 Å². The fourth-order valence-corrected chi connectivity index (χ4v) is 5.14. The van der Waals surface area contributed by atoms with Gasteiger partial charge in [0.1, 0.15) is 34.8 Å². The van der Waals surface area contributed by atoms with E-state index in [2.05, 4.69) is 20.3 Å². The van der Waals surface area contributed by atoms with Crippen molar-refractivity contribution in [2.24, 2.45) is 0 Å². The maximum absolute atomic E-state index is 13.8. The summed E-state index contributed by atoms with van der Waals surface area (Å²) in [5.74, 6) is 1.52. The number of aromatic amines is 1. The third-order valence-corrected chi connectivity index (χ3v) is 7.25. The van der Waals surface area contributed by atoms with Crippen LogP contribution in [0.25, 0.3) is 27.6 Å². The second-order valence-corrected chi connectivity index (χ2v) is 9.97. The van der Waals surface area contributed by atoms with Gasteiger partial charge in [0, 0.05) is 18.2 Å². The van der Waals surface area contributed by atoms with Crippen LogP contribution in [0.2, 0.25) is 5.02 Å². The maximum Gasteiger partial charge on any atom is 0.267 e. The number of pyridine rings is 1. The molecule has 6 aromatic rings. The lowest BCUT2D eigenvalue weighted by molar-refractivity contribution is 0.414. The van der Waals surface area contributed by atoms with Crippen molar-refractivity contribution in [1.29, 1.82) is 0 Å². The van der Waals surface area contributed by atoms with E-state index < -0.39 is 6.04 Å². The Morgan fingerprint density at radius 1 is 0.976 bits per heavy atom. The van der Waals surface area contributed by atoms with E-state index in [9.17, 15) is 9.59 Å². The smallest absolute Gasteiger partial charge is 0.267 e. The molecule has 0 amide bonds. The van der Waals surface area contributed by atoms with Gasteiger partial charge in [0.05, 0.1) is 34.8 Å². The molecule has 3 aromatic heterocycles. The number of para-hydroxylation sites is 1. The molecule has 3 aromatic carbocycles. The lowest BCUT2D eigenvalue weighted by atomic mass is 10.0.